The van der Waals surface area contributed by atoms with Gasteiger partial charge in [-0.3, -0.25) is 4.79 Å². The molecule has 0 saturated heterocycles. The number of benzene rings is 5. The lowest BCUT2D eigenvalue weighted by Crippen LogP contribution is -2.48. The molecule has 6 rings (SSSR count). The lowest BCUT2D eigenvalue weighted by Gasteiger charge is -2.24. The molecule has 1 aromatic heterocycles. The Balaban J connectivity index is 1.29. The Bertz CT molecular complexity index is 1900. The summed E-state index contributed by atoms with van der Waals surface area (Å²) in [5.41, 5.74) is 2.68. The number of thiophene rings is 1. The molecule has 8 heteroatoms. The molecule has 0 fully saturated rings. The van der Waals surface area contributed by atoms with E-state index in [1.165, 1.54) is 12.1 Å². The predicted octanol–water partition coefficient (Wildman–Crippen LogP) is 7.49. The van der Waals surface area contributed by atoms with Crippen molar-refractivity contribution in [1.29, 1.82) is 0 Å². The molecule has 6 aromatic rings. The summed E-state index contributed by atoms with van der Waals surface area (Å²) in [7, 11) is -4.08. The number of para-hydroxylation sites is 1. The zero-order valence-corrected chi connectivity index (χ0v) is 25.3. The molecular formula is C36H30N2O4S2. The number of nitrogens with one attached hydrogen (secondary N) is 2. The Hall–Kier alpha value is -4.76. The summed E-state index contributed by atoms with van der Waals surface area (Å²) in [6.07, 6.45) is 0.181. The van der Waals surface area contributed by atoms with Gasteiger partial charge in [-0.15, -0.1) is 11.3 Å². The molecule has 1 heterocycles. The highest BCUT2D eigenvalue weighted by Gasteiger charge is 2.29. The highest BCUT2D eigenvalue weighted by Crippen LogP contribution is 2.28. The third-order valence-corrected chi connectivity index (χ3v) is 9.76. The molecule has 0 saturated carbocycles. The molecule has 2 N–H and O–H groups in total. The first-order valence-electron chi connectivity index (χ1n) is 14.2. The molecule has 5 aromatic carbocycles. The van der Waals surface area contributed by atoms with Crippen LogP contribution in [0.25, 0.3) is 10.1 Å². The molecule has 44 heavy (non-hydrogen) atoms. The van der Waals surface area contributed by atoms with Crippen LogP contribution in [-0.2, 0) is 21.2 Å². The predicted molar refractivity (Wildman–Crippen MR) is 175 cm³/mol. The third-order valence-electron chi connectivity index (χ3n) is 7.26. The van der Waals surface area contributed by atoms with Crippen molar-refractivity contribution in [2.45, 2.75) is 23.4 Å². The number of ether oxygens (including phenoxy) is 1. The van der Waals surface area contributed by atoms with E-state index in [9.17, 15) is 13.2 Å². The van der Waals surface area contributed by atoms with E-state index in [-0.39, 0.29) is 11.3 Å². The number of fused-ring (bicyclic) bond motifs is 1. The summed E-state index contributed by atoms with van der Waals surface area (Å²) in [4.78, 5) is 14.1. The molecule has 0 unspecified atom stereocenters. The van der Waals surface area contributed by atoms with E-state index in [0.29, 0.717) is 11.5 Å². The van der Waals surface area contributed by atoms with Crippen molar-refractivity contribution in [3.05, 3.63) is 162 Å². The Morgan fingerprint density at radius 3 is 1.86 bits per heavy atom. The quantitative estimate of drug-likeness (QED) is 0.158. The van der Waals surface area contributed by atoms with E-state index >= 15 is 0 Å². The minimum absolute atomic E-state index is 0.0357. The van der Waals surface area contributed by atoms with Gasteiger partial charge < -0.3 is 10.1 Å². The van der Waals surface area contributed by atoms with Crippen LogP contribution in [0, 0.1) is 0 Å². The van der Waals surface area contributed by atoms with Crippen molar-refractivity contribution in [3.63, 3.8) is 0 Å². The van der Waals surface area contributed by atoms with Crippen LogP contribution in [0.15, 0.2) is 150 Å². The number of amides is 1. The minimum Gasteiger partial charge on any atom is -0.457 e. The number of rotatable bonds is 11. The highest BCUT2D eigenvalue weighted by molar-refractivity contribution is 7.89. The fourth-order valence-electron chi connectivity index (χ4n) is 5.06. The van der Waals surface area contributed by atoms with Gasteiger partial charge in [0.1, 0.15) is 17.5 Å². The summed E-state index contributed by atoms with van der Waals surface area (Å²) in [5.74, 6) is 0.723. The average Bonchev–Trinajstić information content (AvgIpc) is 3.47. The average molecular weight is 619 g/mol. The lowest BCUT2D eigenvalue weighted by atomic mass is 9.97. The van der Waals surface area contributed by atoms with Crippen LogP contribution in [0.2, 0.25) is 0 Å². The zero-order valence-electron chi connectivity index (χ0n) is 23.7. The van der Waals surface area contributed by atoms with Crippen molar-refractivity contribution in [1.82, 2.24) is 10.0 Å². The summed E-state index contributed by atoms with van der Waals surface area (Å²) in [5, 5.41) is 6.12. The van der Waals surface area contributed by atoms with Crippen molar-refractivity contribution in [2.75, 3.05) is 0 Å². The normalized spacial score (nSPS) is 12.2. The van der Waals surface area contributed by atoms with E-state index in [0.717, 1.165) is 26.8 Å². The van der Waals surface area contributed by atoms with Gasteiger partial charge in [-0.2, -0.15) is 4.72 Å². The van der Waals surface area contributed by atoms with E-state index in [2.05, 4.69) is 10.0 Å². The summed E-state index contributed by atoms with van der Waals surface area (Å²) in [6, 6.07) is 41.1. The molecule has 0 bridgehead atoms. The van der Waals surface area contributed by atoms with E-state index < -0.39 is 28.0 Å². The van der Waals surface area contributed by atoms with Gasteiger partial charge in [0.25, 0.3) is 0 Å². The molecule has 0 aliphatic heterocycles. The molecule has 0 spiro atoms. The van der Waals surface area contributed by atoms with Gasteiger partial charge in [-0.25, -0.2) is 8.42 Å². The van der Waals surface area contributed by atoms with E-state index in [4.69, 9.17) is 4.74 Å². The minimum atomic E-state index is -4.08. The van der Waals surface area contributed by atoms with Gasteiger partial charge in [0.2, 0.25) is 15.9 Å². The standard InChI is InChI=1S/C36H30N2O4S2/c39-36(37-35(26-12-4-1-5-13-26)27-14-6-2-7-15-27)33(24-28-25-43-34-19-11-10-18-32(28)34)38-44(40,41)31-22-20-30(21-23-31)42-29-16-8-3-9-17-29/h1-23,25,33,35,38H,24H2,(H,37,39)/t33-/m1/s1. The first-order valence-corrected chi connectivity index (χ1v) is 16.5. The zero-order chi connectivity index (χ0) is 30.4. The van der Waals surface area contributed by atoms with Crippen LogP contribution in [0.4, 0.5) is 0 Å². The maximum absolute atomic E-state index is 14.1. The number of hydrogen-bond donors (Lipinski definition) is 2. The molecule has 220 valence electrons. The monoisotopic (exact) mass is 618 g/mol. The number of carbonyl (C=O) groups excluding carboxylic acids is 1. The molecule has 6 nitrogen and oxygen atoms in total. The van der Waals surface area contributed by atoms with Crippen molar-refractivity contribution in [2.24, 2.45) is 0 Å². The number of carbonyl (C=O) groups is 1. The van der Waals surface area contributed by atoms with Crippen LogP contribution < -0.4 is 14.8 Å². The van der Waals surface area contributed by atoms with Crippen LogP contribution in [0.1, 0.15) is 22.7 Å². The topological polar surface area (TPSA) is 84.5 Å². The first-order chi connectivity index (χ1) is 21.5. The van der Waals surface area contributed by atoms with Crippen molar-refractivity contribution in [3.8, 4) is 11.5 Å². The molecule has 1 atom stereocenters. The van der Waals surface area contributed by atoms with Gasteiger partial charge in [0.15, 0.2) is 0 Å². The molecule has 1 amide bonds. The molecule has 0 aliphatic rings. The van der Waals surface area contributed by atoms with E-state index in [1.807, 2.05) is 121 Å². The first kappa shape index (κ1) is 29.3. The Morgan fingerprint density at radius 2 is 1.23 bits per heavy atom. The van der Waals surface area contributed by atoms with Crippen molar-refractivity contribution >= 4 is 37.4 Å². The van der Waals surface area contributed by atoms with Crippen LogP contribution in [-0.4, -0.2) is 20.4 Å². The van der Waals surface area contributed by atoms with E-state index in [1.54, 1.807) is 23.5 Å². The van der Waals surface area contributed by atoms with Gasteiger partial charge >= 0.3 is 0 Å². The van der Waals surface area contributed by atoms with Crippen molar-refractivity contribution < 1.29 is 17.9 Å². The lowest BCUT2D eigenvalue weighted by molar-refractivity contribution is -0.123. The number of hydrogen-bond acceptors (Lipinski definition) is 5. The maximum atomic E-state index is 14.1. The van der Waals surface area contributed by atoms with Gasteiger partial charge in [0.05, 0.1) is 10.9 Å². The molecular weight excluding hydrogens is 589 g/mol. The Morgan fingerprint density at radius 1 is 0.682 bits per heavy atom. The summed E-state index contributed by atoms with van der Waals surface area (Å²) >= 11 is 1.57. The van der Waals surface area contributed by atoms with Crippen LogP contribution >= 0.6 is 11.3 Å². The second kappa shape index (κ2) is 13.3. The van der Waals surface area contributed by atoms with Gasteiger partial charge in [0, 0.05) is 4.70 Å². The van der Waals surface area contributed by atoms with Crippen LogP contribution in [0.3, 0.4) is 0 Å². The molecule has 0 radical (unpaired) electrons. The fourth-order valence-corrected chi connectivity index (χ4v) is 7.23. The summed E-state index contributed by atoms with van der Waals surface area (Å²) in [6.45, 7) is 0. The fraction of sp³-hybridized carbons (Fsp3) is 0.0833. The Labute approximate surface area is 261 Å². The number of sulfonamides is 1. The molecule has 0 aliphatic carbocycles. The summed E-state index contributed by atoms with van der Waals surface area (Å²) < 4.78 is 37.0. The third kappa shape index (κ3) is 6.89. The second-order valence-electron chi connectivity index (χ2n) is 10.3. The van der Waals surface area contributed by atoms with Gasteiger partial charge in [-0.1, -0.05) is 97.1 Å². The Kier molecular flexibility index (Phi) is 8.84. The second-order valence-corrected chi connectivity index (χ2v) is 12.9. The maximum Gasteiger partial charge on any atom is 0.241 e. The smallest absolute Gasteiger partial charge is 0.241 e. The SMILES string of the molecule is O=C(NC(c1ccccc1)c1ccccc1)[C@@H](Cc1csc2ccccc12)NS(=O)(=O)c1ccc(Oc2ccccc2)cc1. The largest absolute Gasteiger partial charge is 0.457 e. The van der Waals surface area contributed by atoms with Gasteiger partial charge in [-0.05, 0) is 76.3 Å². The highest BCUT2D eigenvalue weighted by atomic mass is 32.2. The van der Waals surface area contributed by atoms with Crippen LogP contribution in [0.5, 0.6) is 11.5 Å².